The van der Waals surface area contributed by atoms with Crippen LogP contribution in [0, 0.1) is 5.82 Å². The average molecular weight is 532 g/mol. The van der Waals surface area contributed by atoms with E-state index in [1.807, 2.05) is 42.5 Å². The average Bonchev–Trinajstić information content (AvgIpc) is 3.22. The molecule has 4 heterocycles. The van der Waals surface area contributed by atoms with Crippen molar-refractivity contribution in [3.05, 3.63) is 82.7 Å². The molecule has 38 heavy (non-hydrogen) atoms. The highest BCUT2D eigenvalue weighted by Gasteiger charge is 2.35. The van der Waals surface area contributed by atoms with Crippen molar-refractivity contribution in [1.82, 2.24) is 15.2 Å². The maximum Gasteiger partial charge on any atom is 0.154 e. The summed E-state index contributed by atoms with van der Waals surface area (Å²) in [6.45, 7) is 7.38. The molecule has 198 valence electrons. The SMILES string of the molecule is C=C/C=C\c1ccccc1Cc1c(Cl)cc2c(N3CC4CCC(C3)N4)cc(N3CC(N(C)C)C3)nc2c1F. The zero-order valence-corrected chi connectivity index (χ0v) is 22.9. The van der Waals surface area contributed by atoms with Crippen LogP contribution in [-0.4, -0.2) is 68.3 Å². The van der Waals surface area contributed by atoms with Crippen LogP contribution in [0.3, 0.4) is 0 Å². The third kappa shape index (κ3) is 4.70. The second kappa shape index (κ2) is 10.3. The molecule has 6 rings (SSSR count). The van der Waals surface area contributed by atoms with Crippen molar-refractivity contribution in [1.29, 1.82) is 0 Å². The molecule has 0 saturated carbocycles. The van der Waals surface area contributed by atoms with Gasteiger partial charge in [0.05, 0.1) is 5.69 Å². The number of likely N-dealkylation sites (N-methyl/N-ethyl adjacent to an activating group) is 1. The number of pyridine rings is 1. The summed E-state index contributed by atoms with van der Waals surface area (Å²) < 4.78 is 16.4. The standard InChI is InChI=1S/C31H35ClFN5/c1-4-5-8-20-9-6-7-10-21(20)13-25-27(32)14-26-28(37-16-22-11-12-23(17-37)34-22)15-29(35-31(26)30(25)33)38-18-24(19-38)36(2)3/h4-10,14-15,22-24,34H,1,11-13,16-19H2,2-3H3/b8-5-. The van der Waals surface area contributed by atoms with Gasteiger partial charge in [-0.25, -0.2) is 9.37 Å². The van der Waals surface area contributed by atoms with Gasteiger partial charge in [0.2, 0.25) is 0 Å². The number of rotatable bonds is 7. The van der Waals surface area contributed by atoms with E-state index in [0.29, 0.717) is 40.6 Å². The summed E-state index contributed by atoms with van der Waals surface area (Å²) in [6, 6.07) is 13.5. The Kier molecular flexibility index (Phi) is 6.89. The van der Waals surface area contributed by atoms with Crippen LogP contribution < -0.4 is 15.1 Å². The molecule has 3 saturated heterocycles. The van der Waals surface area contributed by atoms with Gasteiger partial charge in [0.1, 0.15) is 11.3 Å². The Balaban J connectivity index is 1.44. The first-order valence-corrected chi connectivity index (χ1v) is 13.9. The van der Waals surface area contributed by atoms with Gasteiger partial charge < -0.3 is 20.0 Å². The van der Waals surface area contributed by atoms with Crippen molar-refractivity contribution < 1.29 is 4.39 Å². The number of benzene rings is 2. The van der Waals surface area contributed by atoms with Gasteiger partial charge >= 0.3 is 0 Å². The molecule has 3 fully saturated rings. The zero-order valence-electron chi connectivity index (χ0n) is 22.1. The van der Waals surface area contributed by atoms with Crippen molar-refractivity contribution in [3.63, 3.8) is 0 Å². The van der Waals surface area contributed by atoms with E-state index in [-0.39, 0.29) is 5.82 Å². The Morgan fingerprint density at radius 2 is 1.84 bits per heavy atom. The normalized spacial score (nSPS) is 21.6. The van der Waals surface area contributed by atoms with Crippen molar-refractivity contribution >= 4 is 40.1 Å². The minimum atomic E-state index is -0.319. The van der Waals surface area contributed by atoms with Gasteiger partial charge in [-0.2, -0.15) is 0 Å². The minimum absolute atomic E-state index is 0.319. The lowest BCUT2D eigenvalue weighted by Gasteiger charge is -2.44. The van der Waals surface area contributed by atoms with E-state index in [0.717, 1.165) is 54.2 Å². The fourth-order valence-electron chi connectivity index (χ4n) is 6.07. The second-order valence-corrected chi connectivity index (χ2v) is 11.5. The van der Waals surface area contributed by atoms with Gasteiger partial charge in [-0.3, -0.25) is 0 Å². The molecular weight excluding hydrogens is 497 g/mol. The van der Waals surface area contributed by atoms with Gasteiger partial charge in [0.25, 0.3) is 0 Å². The van der Waals surface area contributed by atoms with Crippen LogP contribution >= 0.6 is 11.6 Å². The molecule has 2 aromatic carbocycles. The summed E-state index contributed by atoms with van der Waals surface area (Å²) in [7, 11) is 4.21. The van der Waals surface area contributed by atoms with Gasteiger partial charge in [0.15, 0.2) is 5.82 Å². The Morgan fingerprint density at radius 3 is 2.55 bits per heavy atom. The maximum absolute atomic E-state index is 16.4. The first-order valence-electron chi connectivity index (χ1n) is 13.5. The molecule has 3 aliphatic rings. The van der Waals surface area contributed by atoms with Gasteiger partial charge in [-0.15, -0.1) is 0 Å². The quantitative estimate of drug-likeness (QED) is 0.407. The summed E-state index contributed by atoms with van der Waals surface area (Å²) in [6.07, 6.45) is 8.40. The van der Waals surface area contributed by atoms with E-state index in [4.69, 9.17) is 16.6 Å². The minimum Gasteiger partial charge on any atom is -0.368 e. The summed E-state index contributed by atoms with van der Waals surface area (Å²) >= 11 is 6.84. The molecule has 0 amide bonds. The summed E-state index contributed by atoms with van der Waals surface area (Å²) in [5.41, 5.74) is 3.98. The van der Waals surface area contributed by atoms with Crippen LogP contribution in [0.1, 0.15) is 29.5 Å². The zero-order chi connectivity index (χ0) is 26.4. The van der Waals surface area contributed by atoms with E-state index in [2.05, 4.69) is 46.8 Å². The number of anilines is 2. The van der Waals surface area contributed by atoms with E-state index >= 15 is 4.39 Å². The Morgan fingerprint density at radius 1 is 1.11 bits per heavy atom. The maximum atomic E-state index is 16.4. The van der Waals surface area contributed by atoms with Gasteiger partial charge in [-0.1, -0.05) is 60.7 Å². The fourth-order valence-corrected chi connectivity index (χ4v) is 6.33. The van der Waals surface area contributed by atoms with E-state index in [1.54, 1.807) is 6.08 Å². The third-order valence-electron chi connectivity index (χ3n) is 8.36. The van der Waals surface area contributed by atoms with Crippen molar-refractivity contribution in [2.24, 2.45) is 0 Å². The second-order valence-electron chi connectivity index (χ2n) is 11.1. The number of piperazine rings is 1. The van der Waals surface area contributed by atoms with Crippen molar-refractivity contribution in [3.8, 4) is 0 Å². The lowest BCUT2D eigenvalue weighted by atomic mass is 9.97. The number of hydrogen-bond acceptors (Lipinski definition) is 5. The van der Waals surface area contributed by atoms with Crippen molar-refractivity contribution in [2.75, 3.05) is 50.1 Å². The van der Waals surface area contributed by atoms with Crippen molar-refractivity contribution in [2.45, 2.75) is 37.4 Å². The molecular formula is C31H35ClFN5. The topological polar surface area (TPSA) is 34.6 Å². The predicted molar refractivity (Wildman–Crippen MR) is 157 cm³/mol. The largest absolute Gasteiger partial charge is 0.368 e. The molecule has 3 aromatic rings. The van der Waals surface area contributed by atoms with Crippen LogP contribution in [0.15, 0.2) is 55.1 Å². The third-order valence-corrected chi connectivity index (χ3v) is 8.70. The molecule has 2 bridgehead atoms. The van der Waals surface area contributed by atoms with E-state index in [9.17, 15) is 0 Å². The van der Waals surface area contributed by atoms with Crippen LogP contribution in [0.5, 0.6) is 0 Å². The fraction of sp³-hybridized carbons (Fsp3) is 0.387. The predicted octanol–water partition coefficient (Wildman–Crippen LogP) is 5.51. The number of nitrogens with one attached hydrogen (secondary N) is 1. The number of hydrogen-bond donors (Lipinski definition) is 1. The molecule has 7 heteroatoms. The summed E-state index contributed by atoms with van der Waals surface area (Å²) in [5, 5.41) is 4.95. The van der Waals surface area contributed by atoms with E-state index < -0.39 is 0 Å². The summed E-state index contributed by atoms with van der Waals surface area (Å²) in [5.74, 6) is 0.527. The number of fused-ring (bicyclic) bond motifs is 3. The van der Waals surface area contributed by atoms with Crippen LogP contribution in [0.4, 0.5) is 15.9 Å². The highest BCUT2D eigenvalue weighted by atomic mass is 35.5. The smallest absolute Gasteiger partial charge is 0.154 e. The highest BCUT2D eigenvalue weighted by molar-refractivity contribution is 6.32. The lowest BCUT2D eigenvalue weighted by Crippen LogP contribution is -2.57. The number of aromatic nitrogens is 1. The number of nitrogens with zero attached hydrogens (tertiary/aromatic N) is 4. The molecule has 2 unspecified atom stereocenters. The van der Waals surface area contributed by atoms with E-state index in [1.165, 1.54) is 12.8 Å². The summed E-state index contributed by atoms with van der Waals surface area (Å²) in [4.78, 5) is 11.8. The molecule has 1 N–H and O–H groups in total. The Hall–Kier alpha value is -2.93. The first kappa shape index (κ1) is 25.4. The van der Waals surface area contributed by atoms with Crippen LogP contribution in [0.25, 0.3) is 17.0 Å². The molecule has 0 aliphatic carbocycles. The molecule has 1 aromatic heterocycles. The molecule has 0 radical (unpaired) electrons. The number of allylic oxidation sites excluding steroid dienone is 2. The highest BCUT2D eigenvalue weighted by Crippen LogP contribution is 2.39. The van der Waals surface area contributed by atoms with Gasteiger partial charge in [0, 0.05) is 72.8 Å². The molecule has 2 atom stereocenters. The molecule has 5 nitrogen and oxygen atoms in total. The van der Waals surface area contributed by atoms with Gasteiger partial charge in [-0.05, 0) is 44.1 Å². The monoisotopic (exact) mass is 531 g/mol. The molecule has 3 aliphatic heterocycles. The number of halogens is 2. The van der Waals surface area contributed by atoms with Crippen LogP contribution in [0.2, 0.25) is 5.02 Å². The Labute approximate surface area is 229 Å². The Bertz CT molecular complexity index is 1380. The lowest BCUT2D eigenvalue weighted by molar-refractivity contribution is 0.246. The first-order chi connectivity index (χ1) is 18.4. The van der Waals surface area contributed by atoms with Crippen LogP contribution in [-0.2, 0) is 6.42 Å². The molecule has 0 spiro atoms.